The van der Waals surface area contributed by atoms with Crippen LogP contribution in [-0.2, 0) is 25.4 Å². The molecule has 2 unspecified atom stereocenters. The Morgan fingerprint density at radius 3 is 2.26 bits per heavy atom. The van der Waals surface area contributed by atoms with E-state index in [0.717, 1.165) is 31.9 Å². The maximum Gasteiger partial charge on any atom is 0.407 e. The molecule has 2 aromatic carbocycles. The van der Waals surface area contributed by atoms with Crippen molar-refractivity contribution in [3.05, 3.63) is 95.1 Å². The minimum absolute atomic E-state index is 0.0187. The van der Waals surface area contributed by atoms with Crippen molar-refractivity contribution < 1.29 is 37.0 Å². The van der Waals surface area contributed by atoms with Gasteiger partial charge in [-0.05, 0) is 80.8 Å². The van der Waals surface area contributed by atoms with Crippen LogP contribution in [0.2, 0.25) is 0 Å². The molecule has 8 nitrogen and oxygen atoms in total. The molecule has 0 radical (unpaired) electrons. The molecule has 0 aliphatic carbocycles. The van der Waals surface area contributed by atoms with Crippen molar-refractivity contribution in [1.82, 2.24) is 10.3 Å². The first-order valence-corrected chi connectivity index (χ1v) is 15.8. The summed E-state index contributed by atoms with van der Waals surface area (Å²) in [5.41, 5.74) is 1.97. The average molecular weight is 640 g/mol. The zero-order chi connectivity index (χ0) is 32.5. The largest absolute Gasteiger partial charge is 0.449 e. The van der Waals surface area contributed by atoms with E-state index >= 15 is 0 Å². The van der Waals surface area contributed by atoms with Gasteiger partial charge in [0.25, 0.3) is 0 Å². The van der Waals surface area contributed by atoms with Crippen LogP contribution in [0.3, 0.4) is 0 Å². The van der Waals surface area contributed by atoms with Gasteiger partial charge in [0.05, 0.1) is 49.5 Å². The lowest BCUT2D eigenvalue weighted by Crippen LogP contribution is -2.42. The van der Waals surface area contributed by atoms with Crippen LogP contribution in [0.15, 0.2) is 60.9 Å². The molecule has 246 valence electrons. The molecule has 11 heteroatoms. The number of anilines is 1. The normalized spacial score (nSPS) is 20.3. The fraction of sp³-hybridized carbons (Fsp3) is 0.457. The lowest BCUT2D eigenvalue weighted by molar-refractivity contribution is -0.116. The van der Waals surface area contributed by atoms with Crippen LogP contribution < -0.4 is 10.6 Å². The second-order valence-corrected chi connectivity index (χ2v) is 12.1. The highest BCUT2D eigenvalue weighted by Gasteiger charge is 2.27. The summed E-state index contributed by atoms with van der Waals surface area (Å²) in [6, 6.07) is 11.5. The predicted octanol–water partition coefficient (Wildman–Crippen LogP) is 6.68. The van der Waals surface area contributed by atoms with Crippen molar-refractivity contribution in [2.24, 2.45) is 5.92 Å². The molecule has 5 rings (SSSR count). The first-order valence-electron chi connectivity index (χ1n) is 15.8. The minimum Gasteiger partial charge on any atom is -0.449 e. The molecule has 2 aliphatic rings. The van der Waals surface area contributed by atoms with Gasteiger partial charge in [0.1, 0.15) is 17.5 Å². The maximum absolute atomic E-state index is 15.0. The summed E-state index contributed by atoms with van der Waals surface area (Å²) >= 11 is 0. The first-order chi connectivity index (χ1) is 22.2. The molecule has 46 heavy (non-hydrogen) atoms. The van der Waals surface area contributed by atoms with Crippen LogP contribution in [0.25, 0.3) is 0 Å². The molecular weight excluding hydrogens is 599 g/mol. The fourth-order valence-electron chi connectivity index (χ4n) is 6.06. The number of ether oxygens (including phenoxy) is 3. The maximum atomic E-state index is 15.0. The van der Waals surface area contributed by atoms with E-state index in [0.29, 0.717) is 42.7 Å². The van der Waals surface area contributed by atoms with E-state index in [9.17, 15) is 22.8 Å². The number of carbonyl (C=O) groups is 2. The number of benzene rings is 2. The fourth-order valence-corrected chi connectivity index (χ4v) is 6.06. The summed E-state index contributed by atoms with van der Waals surface area (Å²) in [6.07, 6.45) is 6.24. The van der Waals surface area contributed by atoms with Crippen LogP contribution in [0.4, 0.5) is 23.7 Å². The Hall–Kier alpha value is -3.96. The van der Waals surface area contributed by atoms with Gasteiger partial charge in [-0.2, -0.15) is 0 Å². The molecule has 0 spiro atoms. The molecule has 2 saturated heterocycles. The second-order valence-electron chi connectivity index (χ2n) is 12.1. The Kier molecular flexibility index (Phi) is 11.7. The lowest BCUT2D eigenvalue weighted by Gasteiger charge is -2.29. The summed E-state index contributed by atoms with van der Waals surface area (Å²) in [6.45, 7) is 3.31. The van der Waals surface area contributed by atoms with Crippen LogP contribution in [0.5, 0.6) is 0 Å². The summed E-state index contributed by atoms with van der Waals surface area (Å²) in [5, 5.41) is 5.64. The van der Waals surface area contributed by atoms with E-state index in [1.165, 1.54) is 30.5 Å². The standard InChI is InChI=1S/C35H40F3N3O5/c1-22(33-3-2-16-44-33)40-35(43)46-21-23-4-13-28(45-20-23)14-15-29-31(38)18-39-19-32(29)41-34(42)17-30(24-5-9-26(36)10-6-24)25-7-11-27(37)12-8-25/h5-12,18-19,22-23,28,30,33H,2-4,13-17,20-21H2,1H3,(H,40,43)(H,41,42)/t22?,23-,28-,33?/m0/s1. The predicted molar refractivity (Wildman–Crippen MR) is 166 cm³/mol. The van der Waals surface area contributed by atoms with Gasteiger partial charge in [-0.25, -0.2) is 18.0 Å². The van der Waals surface area contributed by atoms with Crippen molar-refractivity contribution in [2.45, 2.75) is 76.0 Å². The highest BCUT2D eigenvalue weighted by atomic mass is 19.1. The molecule has 0 saturated carbocycles. The molecule has 3 aromatic rings. The molecule has 2 fully saturated rings. The van der Waals surface area contributed by atoms with Gasteiger partial charge in [0, 0.05) is 30.4 Å². The van der Waals surface area contributed by atoms with Gasteiger partial charge in [-0.15, -0.1) is 0 Å². The van der Waals surface area contributed by atoms with Crippen molar-refractivity contribution in [2.75, 3.05) is 25.1 Å². The topological polar surface area (TPSA) is 98.8 Å². The summed E-state index contributed by atoms with van der Waals surface area (Å²) < 4.78 is 59.2. The number of aromatic nitrogens is 1. The van der Waals surface area contributed by atoms with E-state index in [-0.39, 0.29) is 42.9 Å². The number of hydrogen-bond donors (Lipinski definition) is 2. The van der Waals surface area contributed by atoms with Crippen LogP contribution in [0, 0.1) is 23.4 Å². The zero-order valence-electron chi connectivity index (χ0n) is 25.9. The monoisotopic (exact) mass is 639 g/mol. The minimum atomic E-state index is -0.531. The Morgan fingerprint density at radius 2 is 1.65 bits per heavy atom. The molecule has 3 heterocycles. The van der Waals surface area contributed by atoms with E-state index in [2.05, 4.69) is 15.6 Å². The second kappa shape index (κ2) is 16.0. The van der Waals surface area contributed by atoms with Crippen molar-refractivity contribution in [1.29, 1.82) is 0 Å². The Morgan fingerprint density at radius 1 is 0.957 bits per heavy atom. The SMILES string of the molecule is CC(NC(=O)OC[C@H]1CC[C@@H](CCc2c(F)cncc2NC(=O)CC(c2ccc(F)cc2)c2ccc(F)cc2)OC1)C1CCCO1. The summed E-state index contributed by atoms with van der Waals surface area (Å²) in [5.74, 6) is -2.14. The average Bonchev–Trinajstić information content (AvgIpc) is 3.60. The summed E-state index contributed by atoms with van der Waals surface area (Å²) in [4.78, 5) is 29.4. The number of nitrogens with one attached hydrogen (secondary N) is 2. The van der Waals surface area contributed by atoms with Crippen molar-refractivity contribution >= 4 is 17.7 Å². The first kappa shape index (κ1) is 33.4. The van der Waals surface area contributed by atoms with Gasteiger partial charge in [0.2, 0.25) is 5.91 Å². The van der Waals surface area contributed by atoms with E-state index in [1.54, 1.807) is 24.3 Å². The highest BCUT2D eigenvalue weighted by Crippen LogP contribution is 2.30. The van der Waals surface area contributed by atoms with Crippen molar-refractivity contribution in [3.63, 3.8) is 0 Å². The van der Waals surface area contributed by atoms with Gasteiger partial charge in [-0.1, -0.05) is 24.3 Å². The molecule has 4 atom stereocenters. The highest BCUT2D eigenvalue weighted by molar-refractivity contribution is 5.92. The number of hydrogen-bond acceptors (Lipinski definition) is 6. The number of halogens is 3. The number of rotatable bonds is 12. The van der Waals surface area contributed by atoms with Gasteiger partial charge in [-0.3, -0.25) is 9.78 Å². The van der Waals surface area contributed by atoms with E-state index in [4.69, 9.17) is 14.2 Å². The zero-order valence-corrected chi connectivity index (χ0v) is 25.9. The van der Waals surface area contributed by atoms with Crippen LogP contribution in [-0.4, -0.2) is 55.1 Å². The summed E-state index contributed by atoms with van der Waals surface area (Å²) in [7, 11) is 0. The molecule has 0 bridgehead atoms. The van der Waals surface area contributed by atoms with Crippen LogP contribution >= 0.6 is 0 Å². The quantitative estimate of drug-likeness (QED) is 0.230. The van der Waals surface area contributed by atoms with E-state index in [1.807, 2.05) is 6.92 Å². The number of amides is 2. The molecular formula is C35H40F3N3O5. The van der Waals surface area contributed by atoms with Gasteiger partial charge < -0.3 is 24.8 Å². The molecule has 2 N–H and O–H groups in total. The van der Waals surface area contributed by atoms with Gasteiger partial charge in [0.15, 0.2) is 0 Å². The third-order valence-electron chi connectivity index (χ3n) is 8.71. The third-order valence-corrected chi connectivity index (χ3v) is 8.71. The molecule has 2 aliphatic heterocycles. The smallest absolute Gasteiger partial charge is 0.407 e. The number of carbonyl (C=O) groups excluding carboxylic acids is 2. The van der Waals surface area contributed by atoms with Crippen LogP contribution in [0.1, 0.15) is 68.1 Å². The molecule has 2 amide bonds. The Bertz CT molecular complexity index is 1400. The van der Waals surface area contributed by atoms with Gasteiger partial charge >= 0.3 is 6.09 Å². The third kappa shape index (κ3) is 9.29. The number of pyridine rings is 1. The Labute approximate surface area is 267 Å². The number of alkyl carbamates (subject to hydrolysis) is 1. The van der Waals surface area contributed by atoms with Crippen molar-refractivity contribution in [3.8, 4) is 0 Å². The molecule has 1 aromatic heterocycles. The van der Waals surface area contributed by atoms with E-state index < -0.39 is 35.4 Å². The lowest BCUT2D eigenvalue weighted by atomic mass is 9.88. The Balaban J connectivity index is 1.12. The number of nitrogens with zero attached hydrogens (tertiary/aromatic N) is 1.